The van der Waals surface area contributed by atoms with Crippen LogP contribution in [-0.2, 0) is 9.59 Å². The van der Waals surface area contributed by atoms with E-state index in [4.69, 9.17) is 0 Å². The van der Waals surface area contributed by atoms with E-state index in [0.29, 0.717) is 18.9 Å². The van der Waals surface area contributed by atoms with Crippen LogP contribution >= 0.6 is 0 Å². The van der Waals surface area contributed by atoms with Crippen LogP contribution in [0.15, 0.2) is 0 Å². The van der Waals surface area contributed by atoms with E-state index in [2.05, 4.69) is 19.2 Å². The van der Waals surface area contributed by atoms with E-state index in [1.807, 2.05) is 4.90 Å². The summed E-state index contributed by atoms with van der Waals surface area (Å²) in [5.41, 5.74) is -0.343. The minimum atomic E-state index is -0.343. The lowest BCUT2D eigenvalue weighted by Gasteiger charge is -2.46. The maximum absolute atomic E-state index is 11.8. The molecular formula is C11H18N2O2. The summed E-state index contributed by atoms with van der Waals surface area (Å²) in [5, 5.41) is 2.74. The molecule has 0 aromatic heterocycles. The van der Waals surface area contributed by atoms with E-state index in [-0.39, 0.29) is 17.2 Å². The Morgan fingerprint density at radius 2 is 2.20 bits per heavy atom. The molecule has 2 heterocycles. The zero-order valence-corrected chi connectivity index (χ0v) is 9.38. The highest BCUT2D eigenvalue weighted by atomic mass is 16.2. The Balaban J connectivity index is 1.97. The molecule has 1 atom stereocenters. The van der Waals surface area contributed by atoms with Crippen molar-refractivity contribution in [2.24, 2.45) is 11.3 Å². The Labute approximate surface area is 90.0 Å². The van der Waals surface area contributed by atoms with Crippen LogP contribution in [0.1, 0.15) is 26.7 Å². The molecule has 1 unspecified atom stereocenters. The van der Waals surface area contributed by atoms with Crippen LogP contribution < -0.4 is 5.32 Å². The lowest BCUT2D eigenvalue weighted by atomic mass is 9.72. The topological polar surface area (TPSA) is 49.4 Å². The molecule has 0 radical (unpaired) electrons. The second kappa shape index (κ2) is 3.51. The molecule has 4 heteroatoms. The van der Waals surface area contributed by atoms with Crippen LogP contribution in [0.5, 0.6) is 0 Å². The molecule has 2 rings (SSSR count). The first-order valence-corrected chi connectivity index (χ1v) is 5.60. The highest BCUT2D eigenvalue weighted by Crippen LogP contribution is 2.36. The van der Waals surface area contributed by atoms with Crippen molar-refractivity contribution in [2.75, 3.05) is 19.6 Å². The normalized spacial score (nSPS) is 30.7. The number of carbonyl (C=O) groups is 2. The average molecular weight is 210 g/mol. The molecule has 1 N–H and O–H groups in total. The summed E-state index contributed by atoms with van der Waals surface area (Å²) in [4.78, 5) is 25.1. The van der Waals surface area contributed by atoms with Crippen molar-refractivity contribution in [3.05, 3.63) is 0 Å². The summed E-state index contributed by atoms with van der Waals surface area (Å²) in [6.45, 7) is 6.45. The third-order valence-corrected chi connectivity index (χ3v) is 3.36. The summed E-state index contributed by atoms with van der Waals surface area (Å²) in [6, 6.07) is 0. The molecule has 0 aliphatic carbocycles. The number of carbonyl (C=O) groups excluding carboxylic acids is 2. The van der Waals surface area contributed by atoms with Crippen molar-refractivity contribution in [2.45, 2.75) is 26.7 Å². The number of nitrogens with zero attached hydrogens (tertiary/aromatic N) is 1. The number of nitrogens with one attached hydrogen (secondary N) is 1. The van der Waals surface area contributed by atoms with Crippen molar-refractivity contribution in [1.29, 1.82) is 0 Å². The molecule has 2 aliphatic rings. The van der Waals surface area contributed by atoms with Crippen LogP contribution in [0.3, 0.4) is 0 Å². The predicted octanol–water partition coefficient (Wildman–Crippen LogP) is 0.381. The van der Waals surface area contributed by atoms with Gasteiger partial charge < -0.3 is 10.2 Å². The first kappa shape index (κ1) is 10.5. The van der Waals surface area contributed by atoms with E-state index in [1.54, 1.807) is 0 Å². The quantitative estimate of drug-likeness (QED) is 0.670. The molecule has 0 aromatic rings. The number of amides is 2. The van der Waals surface area contributed by atoms with Gasteiger partial charge in [-0.05, 0) is 12.3 Å². The number of rotatable bonds is 2. The second-order valence-corrected chi connectivity index (χ2v) is 5.12. The van der Waals surface area contributed by atoms with Gasteiger partial charge in [-0.2, -0.15) is 0 Å². The molecule has 15 heavy (non-hydrogen) atoms. The molecule has 0 saturated carbocycles. The fraction of sp³-hybridized carbons (Fsp3) is 0.818. The van der Waals surface area contributed by atoms with Crippen molar-refractivity contribution < 1.29 is 9.59 Å². The van der Waals surface area contributed by atoms with Gasteiger partial charge in [-0.3, -0.25) is 9.59 Å². The maximum Gasteiger partial charge on any atom is 0.228 e. The van der Waals surface area contributed by atoms with E-state index in [0.717, 1.165) is 19.5 Å². The van der Waals surface area contributed by atoms with Crippen molar-refractivity contribution in [1.82, 2.24) is 10.2 Å². The van der Waals surface area contributed by atoms with Crippen molar-refractivity contribution in [3.8, 4) is 0 Å². The molecular weight excluding hydrogens is 192 g/mol. The second-order valence-electron chi connectivity index (χ2n) is 5.12. The predicted molar refractivity (Wildman–Crippen MR) is 56.1 cm³/mol. The number of hydrogen-bond donors (Lipinski definition) is 1. The summed E-state index contributed by atoms with van der Waals surface area (Å²) in [7, 11) is 0. The van der Waals surface area contributed by atoms with Gasteiger partial charge in [0.1, 0.15) is 0 Å². The van der Waals surface area contributed by atoms with E-state index in [9.17, 15) is 9.59 Å². The molecule has 4 nitrogen and oxygen atoms in total. The van der Waals surface area contributed by atoms with Gasteiger partial charge >= 0.3 is 0 Å². The number of piperidine rings is 1. The van der Waals surface area contributed by atoms with Crippen LogP contribution in [0.4, 0.5) is 0 Å². The Morgan fingerprint density at radius 3 is 2.60 bits per heavy atom. The number of likely N-dealkylation sites (tertiary alicyclic amines) is 1. The SMILES string of the molecule is CC(C)CN1CCC2(CNC2=O)CC1=O. The molecule has 0 bridgehead atoms. The van der Waals surface area contributed by atoms with Crippen LogP contribution in [0.2, 0.25) is 0 Å². The van der Waals surface area contributed by atoms with Crippen LogP contribution in [0.25, 0.3) is 0 Å². The third kappa shape index (κ3) is 1.73. The standard InChI is InChI=1S/C11H18N2O2/c1-8(2)6-13-4-3-11(5-9(13)14)7-12-10(11)15/h8H,3-7H2,1-2H3,(H,12,15). The van der Waals surface area contributed by atoms with Crippen LogP contribution in [0, 0.1) is 11.3 Å². The van der Waals surface area contributed by atoms with Gasteiger partial charge in [0.2, 0.25) is 11.8 Å². The fourth-order valence-electron chi connectivity index (χ4n) is 2.35. The maximum atomic E-state index is 11.8. The van der Waals surface area contributed by atoms with Crippen LogP contribution in [-0.4, -0.2) is 36.3 Å². The Bertz CT molecular complexity index is 301. The average Bonchev–Trinajstić information content (AvgIpc) is 2.18. The Morgan fingerprint density at radius 1 is 1.47 bits per heavy atom. The molecule has 2 amide bonds. The number of hydrogen-bond acceptors (Lipinski definition) is 2. The minimum Gasteiger partial charge on any atom is -0.354 e. The number of β-lactam (4-membered cyclic amide) rings is 1. The highest BCUT2D eigenvalue weighted by Gasteiger charge is 2.50. The van der Waals surface area contributed by atoms with E-state index < -0.39 is 0 Å². The summed E-state index contributed by atoms with van der Waals surface area (Å²) >= 11 is 0. The first-order valence-electron chi connectivity index (χ1n) is 5.60. The zero-order valence-electron chi connectivity index (χ0n) is 9.38. The summed E-state index contributed by atoms with van der Waals surface area (Å²) in [6.07, 6.45) is 1.24. The van der Waals surface area contributed by atoms with Crippen molar-refractivity contribution >= 4 is 11.8 Å². The van der Waals surface area contributed by atoms with E-state index >= 15 is 0 Å². The van der Waals surface area contributed by atoms with Gasteiger partial charge in [-0.25, -0.2) is 0 Å². The first-order chi connectivity index (χ1) is 7.03. The molecule has 84 valence electrons. The summed E-state index contributed by atoms with van der Waals surface area (Å²) in [5.74, 6) is 0.711. The van der Waals surface area contributed by atoms with Gasteiger partial charge in [-0.15, -0.1) is 0 Å². The largest absolute Gasteiger partial charge is 0.354 e. The molecule has 2 fully saturated rings. The molecule has 0 aromatic carbocycles. The summed E-state index contributed by atoms with van der Waals surface area (Å²) < 4.78 is 0. The Hall–Kier alpha value is -1.06. The van der Waals surface area contributed by atoms with Gasteiger partial charge in [0.15, 0.2) is 0 Å². The zero-order chi connectivity index (χ0) is 11.1. The molecule has 2 saturated heterocycles. The smallest absolute Gasteiger partial charge is 0.228 e. The lowest BCUT2D eigenvalue weighted by Crippen LogP contribution is -2.64. The highest BCUT2D eigenvalue weighted by molar-refractivity contribution is 5.94. The van der Waals surface area contributed by atoms with Gasteiger partial charge in [0.25, 0.3) is 0 Å². The molecule has 2 aliphatic heterocycles. The molecule has 1 spiro atoms. The van der Waals surface area contributed by atoms with Gasteiger partial charge in [0, 0.05) is 26.1 Å². The van der Waals surface area contributed by atoms with Gasteiger partial charge in [-0.1, -0.05) is 13.8 Å². The Kier molecular flexibility index (Phi) is 2.44. The van der Waals surface area contributed by atoms with E-state index in [1.165, 1.54) is 0 Å². The minimum absolute atomic E-state index is 0.0695. The third-order valence-electron chi connectivity index (χ3n) is 3.36. The van der Waals surface area contributed by atoms with Gasteiger partial charge in [0.05, 0.1) is 5.41 Å². The monoisotopic (exact) mass is 210 g/mol. The lowest BCUT2D eigenvalue weighted by molar-refractivity contribution is -0.154. The van der Waals surface area contributed by atoms with Crippen molar-refractivity contribution in [3.63, 3.8) is 0 Å². The fourth-order valence-corrected chi connectivity index (χ4v) is 2.35.